The summed E-state index contributed by atoms with van der Waals surface area (Å²) in [4.78, 5) is 2.13. The molecule has 1 fully saturated rings. The lowest BCUT2D eigenvalue weighted by molar-refractivity contribution is 0.0145. The summed E-state index contributed by atoms with van der Waals surface area (Å²) in [5, 5.41) is 19.7. The summed E-state index contributed by atoms with van der Waals surface area (Å²) in [5.41, 5.74) is 0.583. The molecule has 3 heteroatoms. The summed E-state index contributed by atoms with van der Waals surface area (Å²) in [6.45, 7) is 1.47. The molecule has 0 atom stereocenters. The fourth-order valence-corrected chi connectivity index (χ4v) is 2.72. The Labute approximate surface area is 103 Å². The molecule has 0 heterocycles. The highest BCUT2D eigenvalue weighted by atomic mass is 16.3. The van der Waals surface area contributed by atoms with Crippen LogP contribution in [0.4, 0.5) is 0 Å². The topological polar surface area (TPSA) is 43.7 Å². The van der Waals surface area contributed by atoms with Crippen molar-refractivity contribution < 1.29 is 10.2 Å². The number of aliphatic hydroxyl groups is 1. The van der Waals surface area contributed by atoms with Gasteiger partial charge in [-0.2, -0.15) is 0 Å². The highest BCUT2D eigenvalue weighted by molar-refractivity contribution is 5.26. The molecule has 17 heavy (non-hydrogen) atoms. The monoisotopic (exact) mass is 235 g/mol. The van der Waals surface area contributed by atoms with Gasteiger partial charge < -0.3 is 10.2 Å². The SMILES string of the molecule is CN(Cc1cccc(O)c1)CC1(O)CCCC1. The van der Waals surface area contributed by atoms with Crippen molar-refractivity contribution in [1.29, 1.82) is 0 Å². The molecule has 3 nitrogen and oxygen atoms in total. The Morgan fingerprint density at radius 2 is 2.00 bits per heavy atom. The standard InChI is InChI=1S/C14H21NO2/c1-15(11-14(17)7-2-3-8-14)10-12-5-4-6-13(16)9-12/h4-6,9,16-17H,2-3,7-8,10-11H2,1H3. The van der Waals surface area contributed by atoms with Gasteiger partial charge in [0.1, 0.15) is 5.75 Å². The average Bonchev–Trinajstić information content (AvgIpc) is 2.64. The second-order valence-corrected chi connectivity index (χ2v) is 5.27. The summed E-state index contributed by atoms with van der Waals surface area (Å²) < 4.78 is 0. The largest absolute Gasteiger partial charge is 0.508 e. The second kappa shape index (κ2) is 5.07. The highest BCUT2D eigenvalue weighted by Crippen LogP contribution is 2.30. The van der Waals surface area contributed by atoms with Crippen LogP contribution in [-0.2, 0) is 6.54 Å². The Balaban J connectivity index is 1.90. The Hall–Kier alpha value is -1.06. The molecular weight excluding hydrogens is 214 g/mol. The van der Waals surface area contributed by atoms with Crippen molar-refractivity contribution in [3.05, 3.63) is 29.8 Å². The quantitative estimate of drug-likeness (QED) is 0.840. The van der Waals surface area contributed by atoms with E-state index in [1.54, 1.807) is 12.1 Å². The van der Waals surface area contributed by atoms with Crippen LogP contribution in [0.25, 0.3) is 0 Å². The van der Waals surface area contributed by atoms with Crippen LogP contribution in [-0.4, -0.2) is 34.3 Å². The first kappa shape index (κ1) is 12.4. The van der Waals surface area contributed by atoms with Crippen LogP contribution in [0.2, 0.25) is 0 Å². The van der Waals surface area contributed by atoms with Gasteiger partial charge in [-0.15, -0.1) is 0 Å². The molecule has 0 bridgehead atoms. The highest BCUT2D eigenvalue weighted by Gasteiger charge is 2.31. The molecule has 0 unspecified atom stereocenters. The van der Waals surface area contributed by atoms with Crippen molar-refractivity contribution in [1.82, 2.24) is 4.90 Å². The van der Waals surface area contributed by atoms with E-state index in [1.807, 2.05) is 19.2 Å². The molecule has 0 aromatic heterocycles. The van der Waals surface area contributed by atoms with E-state index in [0.717, 1.165) is 37.8 Å². The third-order valence-corrected chi connectivity index (χ3v) is 3.46. The fraction of sp³-hybridized carbons (Fsp3) is 0.571. The maximum absolute atomic E-state index is 10.3. The molecule has 2 rings (SSSR count). The van der Waals surface area contributed by atoms with E-state index in [0.29, 0.717) is 12.3 Å². The molecule has 1 saturated carbocycles. The number of phenolic OH excluding ortho intramolecular Hbond substituents is 1. The zero-order chi connectivity index (χ0) is 12.3. The number of rotatable bonds is 4. The van der Waals surface area contributed by atoms with Crippen LogP contribution < -0.4 is 0 Å². The minimum Gasteiger partial charge on any atom is -0.508 e. The van der Waals surface area contributed by atoms with Gasteiger partial charge in [-0.1, -0.05) is 25.0 Å². The summed E-state index contributed by atoms with van der Waals surface area (Å²) in [7, 11) is 2.01. The minimum atomic E-state index is -0.494. The van der Waals surface area contributed by atoms with E-state index >= 15 is 0 Å². The van der Waals surface area contributed by atoms with E-state index in [2.05, 4.69) is 4.90 Å². The number of aromatic hydroxyl groups is 1. The van der Waals surface area contributed by atoms with Crippen molar-refractivity contribution in [2.75, 3.05) is 13.6 Å². The zero-order valence-corrected chi connectivity index (χ0v) is 10.4. The normalized spacial score (nSPS) is 18.8. The number of phenols is 1. The van der Waals surface area contributed by atoms with Gasteiger partial charge in [0.05, 0.1) is 5.60 Å². The first-order valence-corrected chi connectivity index (χ1v) is 6.26. The average molecular weight is 235 g/mol. The molecule has 0 saturated heterocycles. The van der Waals surface area contributed by atoms with Crippen LogP contribution in [0.15, 0.2) is 24.3 Å². The summed E-state index contributed by atoms with van der Waals surface area (Å²) in [5.74, 6) is 0.301. The minimum absolute atomic E-state index is 0.301. The summed E-state index contributed by atoms with van der Waals surface area (Å²) in [6, 6.07) is 7.29. The lowest BCUT2D eigenvalue weighted by atomic mass is 10.0. The molecule has 1 aliphatic carbocycles. The first-order valence-electron chi connectivity index (χ1n) is 6.26. The van der Waals surface area contributed by atoms with E-state index in [4.69, 9.17) is 0 Å². The second-order valence-electron chi connectivity index (χ2n) is 5.27. The van der Waals surface area contributed by atoms with Gasteiger partial charge in [0.25, 0.3) is 0 Å². The van der Waals surface area contributed by atoms with Crippen molar-refractivity contribution >= 4 is 0 Å². The van der Waals surface area contributed by atoms with Crippen molar-refractivity contribution in [2.45, 2.75) is 37.8 Å². The van der Waals surface area contributed by atoms with Gasteiger partial charge in [-0.3, -0.25) is 4.90 Å². The van der Waals surface area contributed by atoms with Crippen LogP contribution in [0.5, 0.6) is 5.75 Å². The third-order valence-electron chi connectivity index (χ3n) is 3.46. The maximum atomic E-state index is 10.3. The van der Waals surface area contributed by atoms with Gasteiger partial charge in [0, 0.05) is 13.1 Å². The first-order chi connectivity index (χ1) is 8.07. The number of nitrogens with zero attached hydrogens (tertiary/aromatic N) is 1. The molecule has 2 N–H and O–H groups in total. The fourth-order valence-electron chi connectivity index (χ4n) is 2.72. The molecule has 1 aromatic rings. The number of likely N-dealkylation sites (N-methyl/N-ethyl adjacent to an activating group) is 1. The Morgan fingerprint density at radius 3 is 2.65 bits per heavy atom. The van der Waals surface area contributed by atoms with Gasteiger partial charge in [0.2, 0.25) is 0 Å². The predicted octanol–water partition coefficient (Wildman–Crippen LogP) is 2.13. The van der Waals surface area contributed by atoms with E-state index < -0.39 is 5.60 Å². The Kier molecular flexibility index (Phi) is 3.69. The van der Waals surface area contributed by atoms with Crippen LogP contribution in [0, 0.1) is 0 Å². The molecule has 0 spiro atoms. The lowest BCUT2D eigenvalue weighted by Crippen LogP contribution is -2.38. The van der Waals surface area contributed by atoms with Gasteiger partial charge >= 0.3 is 0 Å². The Bertz CT molecular complexity index is 372. The number of hydrogen-bond acceptors (Lipinski definition) is 3. The molecular formula is C14H21NO2. The van der Waals surface area contributed by atoms with Crippen LogP contribution in [0.1, 0.15) is 31.2 Å². The van der Waals surface area contributed by atoms with Crippen molar-refractivity contribution in [2.24, 2.45) is 0 Å². The van der Waals surface area contributed by atoms with Crippen molar-refractivity contribution in [3.63, 3.8) is 0 Å². The molecule has 0 aliphatic heterocycles. The zero-order valence-electron chi connectivity index (χ0n) is 10.4. The van der Waals surface area contributed by atoms with Crippen LogP contribution >= 0.6 is 0 Å². The van der Waals surface area contributed by atoms with E-state index in [1.165, 1.54) is 0 Å². The molecule has 0 amide bonds. The molecule has 1 aromatic carbocycles. The van der Waals surface area contributed by atoms with E-state index in [9.17, 15) is 10.2 Å². The smallest absolute Gasteiger partial charge is 0.115 e. The Morgan fingerprint density at radius 1 is 1.29 bits per heavy atom. The molecule has 94 valence electrons. The predicted molar refractivity (Wildman–Crippen MR) is 67.9 cm³/mol. The molecule has 0 radical (unpaired) electrons. The van der Waals surface area contributed by atoms with Gasteiger partial charge in [-0.05, 0) is 37.6 Å². The lowest BCUT2D eigenvalue weighted by Gasteiger charge is -2.28. The number of benzene rings is 1. The third kappa shape index (κ3) is 3.45. The summed E-state index contributed by atoms with van der Waals surface area (Å²) in [6.07, 6.45) is 4.10. The van der Waals surface area contributed by atoms with Gasteiger partial charge in [-0.25, -0.2) is 0 Å². The molecule has 1 aliphatic rings. The maximum Gasteiger partial charge on any atom is 0.115 e. The van der Waals surface area contributed by atoms with Crippen molar-refractivity contribution in [3.8, 4) is 5.75 Å². The number of hydrogen-bond donors (Lipinski definition) is 2. The van der Waals surface area contributed by atoms with Gasteiger partial charge in [0.15, 0.2) is 0 Å². The van der Waals surface area contributed by atoms with Crippen LogP contribution in [0.3, 0.4) is 0 Å². The van der Waals surface area contributed by atoms with E-state index in [-0.39, 0.29) is 0 Å². The summed E-state index contributed by atoms with van der Waals surface area (Å²) >= 11 is 0.